The average molecular weight is 235 g/mol. The van der Waals surface area contributed by atoms with Crippen molar-refractivity contribution in [3.63, 3.8) is 0 Å². The summed E-state index contributed by atoms with van der Waals surface area (Å²) >= 11 is 0. The van der Waals surface area contributed by atoms with Crippen molar-refractivity contribution in [1.29, 1.82) is 0 Å². The summed E-state index contributed by atoms with van der Waals surface area (Å²) in [6.07, 6.45) is 3.33. The Labute approximate surface area is 101 Å². The number of amides is 1. The van der Waals surface area contributed by atoms with Gasteiger partial charge in [-0.15, -0.1) is 0 Å². The fourth-order valence-electron chi connectivity index (χ4n) is 2.27. The summed E-state index contributed by atoms with van der Waals surface area (Å²) in [5.41, 5.74) is 7.10. The molecule has 1 aliphatic heterocycles. The third kappa shape index (κ3) is 2.49. The molecule has 17 heavy (non-hydrogen) atoms. The maximum Gasteiger partial charge on any atom is 0.411 e. The molecule has 2 heterocycles. The van der Waals surface area contributed by atoms with Crippen LogP contribution in [0.25, 0.3) is 0 Å². The summed E-state index contributed by atoms with van der Waals surface area (Å²) in [7, 11) is 0. The van der Waals surface area contributed by atoms with Gasteiger partial charge in [0.15, 0.2) is 0 Å². The quantitative estimate of drug-likeness (QED) is 0.849. The molecule has 1 aliphatic rings. The Bertz CT molecular complexity index is 434. The predicted octanol–water partition coefficient (Wildman–Crippen LogP) is 1.84. The number of rotatable bonds is 2. The van der Waals surface area contributed by atoms with Crippen LogP contribution in [0.4, 0.5) is 10.5 Å². The molecule has 1 atom stereocenters. The molecule has 1 aromatic heterocycles. The van der Waals surface area contributed by atoms with Crippen molar-refractivity contribution in [2.75, 3.05) is 11.4 Å². The Hall–Kier alpha value is -1.78. The lowest BCUT2D eigenvalue weighted by Gasteiger charge is -2.25. The number of ether oxygens (including phenoxy) is 1. The summed E-state index contributed by atoms with van der Waals surface area (Å²) in [5.74, 6) is 0.255. The van der Waals surface area contributed by atoms with Gasteiger partial charge in [0.2, 0.25) is 5.88 Å². The second-order valence-electron chi connectivity index (χ2n) is 4.41. The number of carbonyl (C=O) groups is 1. The van der Waals surface area contributed by atoms with E-state index in [0.29, 0.717) is 6.04 Å². The Morgan fingerprint density at radius 2 is 2.41 bits per heavy atom. The van der Waals surface area contributed by atoms with Crippen LogP contribution in [0.2, 0.25) is 0 Å². The molecule has 1 fully saturated rings. The molecule has 92 valence electrons. The highest BCUT2D eigenvalue weighted by Gasteiger charge is 2.22. The molecule has 0 aromatic carbocycles. The molecular formula is C12H17N3O2. The molecule has 0 spiro atoms. The van der Waals surface area contributed by atoms with E-state index in [1.165, 1.54) is 12.8 Å². The van der Waals surface area contributed by atoms with E-state index in [9.17, 15) is 4.79 Å². The van der Waals surface area contributed by atoms with Crippen molar-refractivity contribution in [3.05, 3.63) is 17.8 Å². The van der Waals surface area contributed by atoms with E-state index in [1.54, 1.807) is 12.3 Å². The first kappa shape index (κ1) is 11.7. The number of anilines is 1. The SMILES string of the molecule is Cc1cc(OC(N)=O)ncc1N1CCC[C@H]1C. The lowest BCUT2D eigenvalue weighted by molar-refractivity contribution is 0.209. The number of aromatic nitrogens is 1. The topological polar surface area (TPSA) is 68.5 Å². The van der Waals surface area contributed by atoms with Crippen LogP contribution in [0, 0.1) is 6.92 Å². The molecule has 1 aromatic rings. The average Bonchev–Trinajstić information content (AvgIpc) is 2.64. The molecule has 5 nitrogen and oxygen atoms in total. The number of pyridine rings is 1. The number of hydrogen-bond donors (Lipinski definition) is 1. The van der Waals surface area contributed by atoms with Gasteiger partial charge in [0, 0.05) is 18.7 Å². The first-order valence-corrected chi connectivity index (χ1v) is 5.78. The minimum atomic E-state index is -0.834. The predicted molar refractivity (Wildman–Crippen MR) is 65.2 cm³/mol. The monoisotopic (exact) mass is 235 g/mol. The fraction of sp³-hybridized carbons (Fsp3) is 0.500. The summed E-state index contributed by atoms with van der Waals surface area (Å²) in [5, 5.41) is 0. The van der Waals surface area contributed by atoms with Crippen LogP contribution < -0.4 is 15.4 Å². The number of nitrogens with two attached hydrogens (primary N) is 1. The first-order chi connectivity index (χ1) is 8.08. The van der Waals surface area contributed by atoms with Gasteiger partial charge in [-0.2, -0.15) is 0 Å². The van der Waals surface area contributed by atoms with E-state index < -0.39 is 6.09 Å². The van der Waals surface area contributed by atoms with Crippen molar-refractivity contribution in [3.8, 4) is 5.88 Å². The molecular weight excluding hydrogens is 218 g/mol. The van der Waals surface area contributed by atoms with E-state index in [4.69, 9.17) is 10.5 Å². The van der Waals surface area contributed by atoms with E-state index in [-0.39, 0.29) is 5.88 Å². The van der Waals surface area contributed by atoms with Crippen molar-refractivity contribution >= 4 is 11.8 Å². The summed E-state index contributed by atoms with van der Waals surface area (Å²) < 4.78 is 4.75. The maximum absolute atomic E-state index is 10.6. The maximum atomic E-state index is 10.6. The van der Waals surface area contributed by atoms with Crippen molar-refractivity contribution < 1.29 is 9.53 Å². The van der Waals surface area contributed by atoms with Gasteiger partial charge in [-0.3, -0.25) is 0 Å². The van der Waals surface area contributed by atoms with Crippen LogP contribution in [0.5, 0.6) is 5.88 Å². The molecule has 1 amide bonds. The second-order valence-corrected chi connectivity index (χ2v) is 4.41. The number of primary amides is 1. The third-order valence-corrected chi connectivity index (χ3v) is 3.13. The Balaban J connectivity index is 2.22. The van der Waals surface area contributed by atoms with Crippen LogP contribution in [0.1, 0.15) is 25.3 Å². The van der Waals surface area contributed by atoms with E-state index in [2.05, 4.69) is 16.8 Å². The van der Waals surface area contributed by atoms with Gasteiger partial charge < -0.3 is 15.4 Å². The number of carbonyl (C=O) groups excluding carboxylic acids is 1. The van der Waals surface area contributed by atoms with Crippen molar-refractivity contribution in [1.82, 2.24) is 4.98 Å². The highest BCUT2D eigenvalue weighted by molar-refractivity contribution is 5.68. The zero-order chi connectivity index (χ0) is 12.4. The molecule has 1 saturated heterocycles. The largest absolute Gasteiger partial charge is 0.411 e. The lowest BCUT2D eigenvalue weighted by atomic mass is 10.2. The third-order valence-electron chi connectivity index (χ3n) is 3.13. The Morgan fingerprint density at radius 1 is 1.65 bits per heavy atom. The minimum Gasteiger partial charge on any atom is -0.391 e. The molecule has 0 radical (unpaired) electrons. The van der Waals surface area contributed by atoms with Crippen LogP contribution in [-0.4, -0.2) is 23.7 Å². The van der Waals surface area contributed by atoms with Gasteiger partial charge in [0.25, 0.3) is 0 Å². The Morgan fingerprint density at radius 3 is 2.94 bits per heavy atom. The Kier molecular flexibility index (Phi) is 3.17. The summed E-state index contributed by atoms with van der Waals surface area (Å²) in [6.45, 7) is 5.25. The lowest BCUT2D eigenvalue weighted by Crippen LogP contribution is -2.27. The van der Waals surface area contributed by atoms with Crippen molar-refractivity contribution in [2.24, 2.45) is 5.73 Å². The fourth-order valence-corrected chi connectivity index (χ4v) is 2.27. The zero-order valence-electron chi connectivity index (χ0n) is 10.1. The molecule has 0 unspecified atom stereocenters. The molecule has 2 rings (SSSR count). The van der Waals surface area contributed by atoms with Gasteiger partial charge >= 0.3 is 6.09 Å². The highest BCUT2D eigenvalue weighted by Crippen LogP contribution is 2.29. The first-order valence-electron chi connectivity index (χ1n) is 5.78. The molecule has 0 saturated carbocycles. The van der Waals surface area contributed by atoms with Gasteiger partial charge in [-0.25, -0.2) is 9.78 Å². The molecule has 5 heteroatoms. The zero-order valence-corrected chi connectivity index (χ0v) is 10.1. The van der Waals surface area contributed by atoms with Gasteiger partial charge in [0.1, 0.15) is 0 Å². The van der Waals surface area contributed by atoms with E-state index in [1.807, 2.05) is 6.92 Å². The van der Waals surface area contributed by atoms with Crippen molar-refractivity contribution in [2.45, 2.75) is 32.7 Å². The van der Waals surface area contributed by atoms with Crippen LogP contribution in [0.3, 0.4) is 0 Å². The molecule has 2 N–H and O–H groups in total. The van der Waals surface area contributed by atoms with Crippen LogP contribution >= 0.6 is 0 Å². The summed E-state index contributed by atoms with van der Waals surface area (Å²) in [6, 6.07) is 2.28. The smallest absolute Gasteiger partial charge is 0.391 e. The van der Waals surface area contributed by atoms with E-state index in [0.717, 1.165) is 17.8 Å². The number of hydrogen-bond acceptors (Lipinski definition) is 4. The van der Waals surface area contributed by atoms with Gasteiger partial charge in [-0.1, -0.05) is 0 Å². The second kappa shape index (κ2) is 4.61. The molecule has 0 aliphatic carbocycles. The van der Waals surface area contributed by atoms with Crippen LogP contribution in [0.15, 0.2) is 12.3 Å². The number of nitrogens with zero attached hydrogens (tertiary/aromatic N) is 2. The number of aryl methyl sites for hydroxylation is 1. The normalized spacial score (nSPS) is 19.4. The van der Waals surface area contributed by atoms with E-state index >= 15 is 0 Å². The standard InChI is InChI=1S/C12H17N3O2/c1-8-6-11(17-12(13)16)14-7-10(8)15-5-3-4-9(15)2/h6-7,9H,3-5H2,1-2H3,(H2,13,16)/t9-/m1/s1. The summed E-state index contributed by atoms with van der Waals surface area (Å²) in [4.78, 5) is 17.0. The van der Waals surface area contributed by atoms with Crippen LogP contribution in [-0.2, 0) is 0 Å². The van der Waals surface area contributed by atoms with Gasteiger partial charge in [0.05, 0.1) is 11.9 Å². The molecule has 0 bridgehead atoms. The highest BCUT2D eigenvalue weighted by atomic mass is 16.6. The minimum absolute atomic E-state index is 0.255. The van der Waals surface area contributed by atoms with Gasteiger partial charge in [-0.05, 0) is 32.3 Å².